The standard InChI is InChI=1S/C12H14O3/c1-9(7-12(13)14)8-15-11-6-4-3-5-10(11)2/h3-7H,8H2,1-2H3,(H,13,14). The van der Waals surface area contributed by atoms with E-state index in [-0.39, 0.29) is 0 Å². The Morgan fingerprint density at radius 2 is 2.13 bits per heavy atom. The first kappa shape index (κ1) is 11.3. The molecule has 0 bridgehead atoms. The number of rotatable bonds is 4. The molecule has 0 saturated heterocycles. The number of carboxylic acid groups (broad SMARTS) is 1. The summed E-state index contributed by atoms with van der Waals surface area (Å²) >= 11 is 0. The lowest BCUT2D eigenvalue weighted by Crippen LogP contribution is -2.02. The third-order valence-electron chi connectivity index (χ3n) is 1.92. The number of aryl methyl sites for hydroxylation is 1. The zero-order valence-electron chi connectivity index (χ0n) is 8.86. The molecule has 15 heavy (non-hydrogen) atoms. The van der Waals surface area contributed by atoms with Crippen molar-refractivity contribution in [3.05, 3.63) is 41.5 Å². The van der Waals surface area contributed by atoms with Gasteiger partial charge in [-0.1, -0.05) is 18.2 Å². The lowest BCUT2D eigenvalue weighted by molar-refractivity contribution is -0.131. The van der Waals surface area contributed by atoms with Gasteiger partial charge in [0, 0.05) is 6.08 Å². The molecule has 0 spiro atoms. The van der Waals surface area contributed by atoms with Gasteiger partial charge in [-0.2, -0.15) is 0 Å². The Morgan fingerprint density at radius 3 is 2.73 bits per heavy atom. The van der Waals surface area contributed by atoms with E-state index in [1.54, 1.807) is 6.92 Å². The number of carboxylic acids is 1. The Hall–Kier alpha value is -1.77. The summed E-state index contributed by atoms with van der Waals surface area (Å²) in [6, 6.07) is 7.63. The van der Waals surface area contributed by atoms with Gasteiger partial charge in [-0.05, 0) is 31.1 Å². The van der Waals surface area contributed by atoms with Crippen LogP contribution in [0.25, 0.3) is 0 Å². The van der Waals surface area contributed by atoms with Gasteiger partial charge in [0.15, 0.2) is 0 Å². The Bertz CT molecular complexity index is 380. The molecular formula is C12H14O3. The Balaban J connectivity index is 2.58. The highest BCUT2D eigenvalue weighted by Gasteiger charge is 1.99. The zero-order chi connectivity index (χ0) is 11.3. The highest BCUT2D eigenvalue weighted by atomic mass is 16.5. The van der Waals surface area contributed by atoms with Gasteiger partial charge in [0.1, 0.15) is 12.4 Å². The van der Waals surface area contributed by atoms with Gasteiger partial charge in [0.2, 0.25) is 0 Å². The maximum atomic E-state index is 10.4. The first-order valence-corrected chi connectivity index (χ1v) is 4.68. The first-order valence-electron chi connectivity index (χ1n) is 4.68. The number of aliphatic carboxylic acids is 1. The molecule has 0 aliphatic carbocycles. The van der Waals surface area contributed by atoms with E-state index in [1.807, 2.05) is 31.2 Å². The van der Waals surface area contributed by atoms with Crippen LogP contribution in [0.3, 0.4) is 0 Å². The van der Waals surface area contributed by atoms with Gasteiger partial charge in [-0.15, -0.1) is 0 Å². The minimum Gasteiger partial charge on any atom is -0.489 e. The molecular weight excluding hydrogens is 192 g/mol. The molecule has 0 atom stereocenters. The van der Waals surface area contributed by atoms with Crippen LogP contribution in [0.5, 0.6) is 5.75 Å². The predicted octanol–water partition coefficient (Wildman–Crippen LogP) is 2.40. The van der Waals surface area contributed by atoms with Gasteiger partial charge in [0.05, 0.1) is 0 Å². The van der Waals surface area contributed by atoms with E-state index in [2.05, 4.69) is 0 Å². The van der Waals surface area contributed by atoms with E-state index in [4.69, 9.17) is 9.84 Å². The summed E-state index contributed by atoms with van der Waals surface area (Å²) < 4.78 is 5.47. The normalized spacial score (nSPS) is 11.2. The molecule has 0 fully saturated rings. The lowest BCUT2D eigenvalue weighted by Gasteiger charge is -2.08. The number of para-hydroxylation sites is 1. The van der Waals surface area contributed by atoms with Crippen molar-refractivity contribution in [3.63, 3.8) is 0 Å². The quantitative estimate of drug-likeness (QED) is 0.769. The van der Waals surface area contributed by atoms with Gasteiger partial charge in [-0.3, -0.25) is 0 Å². The first-order chi connectivity index (χ1) is 7.09. The second-order valence-electron chi connectivity index (χ2n) is 3.38. The molecule has 1 aromatic rings. The van der Waals surface area contributed by atoms with Crippen LogP contribution in [0.1, 0.15) is 12.5 Å². The van der Waals surface area contributed by atoms with Crippen LogP contribution >= 0.6 is 0 Å². The molecule has 80 valence electrons. The van der Waals surface area contributed by atoms with E-state index in [1.165, 1.54) is 0 Å². The lowest BCUT2D eigenvalue weighted by atomic mass is 10.2. The van der Waals surface area contributed by atoms with E-state index in [0.717, 1.165) is 17.4 Å². The van der Waals surface area contributed by atoms with Crippen LogP contribution in [-0.2, 0) is 4.79 Å². The summed E-state index contributed by atoms with van der Waals surface area (Å²) in [5.74, 6) is -0.156. The predicted molar refractivity (Wildman–Crippen MR) is 58.1 cm³/mol. The third kappa shape index (κ3) is 3.85. The van der Waals surface area contributed by atoms with Gasteiger partial charge >= 0.3 is 5.97 Å². The maximum absolute atomic E-state index is 10.4. The number of ether oxygens (including phenoxy) is 1. The smallest absolute Gasteiger partial charge is 0.328 e. The number of carbonyl (C=O) groups is 1. The van der Waals surface area contributed by atoms with Crippen molar-refractivity contribution in [1.82, 2.24) is 0 Å². The Labute approximate surface area is 89.0 Å². The summed E-state index contributed by atoms with van der Waals surface area (Å²) in [6.45, 7) is 3.98. The molecule has 0 radical (unpaired) electrons. The largest absolute Gasteiger partial charge is 0.489 e. The van der Waals surface area contributed by atoms with Crippen molar-refractivity contribution in [3.8, 4) is 5.75 Å². The molecule has 1 aromatic carbocycles. The van der Waals surface area contributed by atoms with Crippen molar-refractivity contribution in [2.24, 2.45) is 0 Å². The summed E-state index contributed by atoms with van der Waals surface area (Å²) in [6.07, 6.45) is 1.15. The van der Waals surface area contributed by atoms with Gasteiger partial charge < -0.3 is 9.84 Å². The number of hydrogen-bond acceptors (Lipinski definition) is 2. The van der Waals surface area contributed by atoms with Crippen LogP contribution in [0.2, 0.25) is 0 Å². The molecule has 0 amide bonds. The molecule has 0 aliphatic rings. The van der Waals surface area contributed by atoms with E-state index >= 15 is 0 Å². The molecule has 0 heterocycles. The minimum atomic E-state index is -0.944. The molecule has 1 rings (SSSR count). The fraction of sp³-hybridized carbons (Fsp3) is 0.250. The molecule has 0 saturated carbocycles. The average Bonchev–Trinajstić information content (AvgIpc) is 2.15. The van der Waals surface area contributed by atoms with E-state index in [9.17, 15) is 4.79 Å². The summed E-state index contributed by atoms with van der Waals surface area (Å²) in [5, 5.41) is 8.50. The molecule has 0 unspecified atom stereocenters. The molecule has 0 aromatic heterocycles. The minimum absolute atomic E-state index is 0.303. The van der Waals surface area contributed by atoms with Crippen LogP contribution in [0.15, 0.2) is 35.9 Å². The van der Waals surface area contributed by atoms with Crippen LogP contribution < -0.4 is 4.74 Å². The Morgan fingerprint density at radius 1 is 1.47 bits per heavy atom. The van der Waals surface area contributed by atoms with Crippen molar-refractivity contribution >= 4 is 5.97 Å². The number of hydrogen-bond donors (Lipinski definition) is 1. The van der Waals surface area contributed by atoms with Crippen LogP contribution in [-0.4, -0.2) is 17.7 Å². The highest BCUT2D eigenvalue weighted by Crippen LogP contribution is 2.16. The number of benzene rings is 1. The molecule has 3 heteroatoms. The van der Waals surface area contributed by atoms with Gasteiger partial charge in [-0.25, -0.2) is 4.79 Å². The summed E-state index contributed by atoms with van der Waals surface area (Å²) in [4.78, 5) is 10.4. The summed E-state index contributed by atoms with van der Waals surface area (Å²) in [5.41, 5.74) is 1.73. The third-order valence-corrected chi connectivity index (χ3v) is 1.92. The summed E-state index contributed by atoms with van der Waals surface area (Å²) in [7, 11) is 0. The average molecular weight is 206 g/mol. The SMILES string of the molecule is CC(=CC(=O)O)COc1ccccc1C. The van der Waals surface area contributed by atoms with Crippen molar-refractivity contribution < 1.29 is 14.6 Å². The Kier molecular flexibility index (Phi) is 3.92. The van der Waals surface area contributed by atoms with Crippen LogP contribution in [0, 0.1) is 6.92 Å². The molecule has 3 nitrogen and oxygen atoms in total. The van der Waals surface area contributed by atoms with E-state index < -0.39 is 5.97 Å². The second kappa shape index (κ2) is 5.20. The fourth-order valence-corrected chi connectivity index (χ4v) is 1.16. The molecule has 0 aliphatic heterocycles. The van der Waals surface area contributed by atoms with Crippen molar-refractivity contribution in [2.75, 3.05) is 6.61 Å². The molecule has 1 N–H and O–H groups in total. The zero-order valence-corrected chi connectivity index (χ0v) is 8.86. The van der Waals surface area contributed by atoms with Gasteiger partial charge in [0.25, 0.3) is 0 Å². The highest BCUT2D eigenvalue weighted by molar-refractivity contribution is 5.80. The second-order valence-corrected chi connectivity index (χ2v) is 3.38. The van der Waals surface area contributed by atoms with Crippen molar-refractivity contribution in [2.45, 2.75) is 13.8 Å². The fourth-order valence-electron chi connectivity index (χ4n) is 1.16. The maximum Gasteiger partial charge on any atom is 0.328 e. The van der Waals surface area contributed by atoms with Crippen LogP contribution in [0.4, 0.5) is 0 Å². The van der Waals surface area contributed by atoms with E-state index in [0.29, 0.717) is 12.2 Å². The monoisotopic (exact) mass is 206 g/mol. The topological polar surface area (TPSA) is 46.5 Å². The van der Waals surface area contributed by atoms with Crippen molar-refractivity contribution in [1.29, 1.82) is 0 Å².